The van der Waals surface area contributed by atoms with Crippen molar-refractivity contribution in [1.29, 1.82) is 0 Å². The number of hydrogen-bond acceptors (Lipinski definition) is 10. The first-order chi connectivity index (χ1) is 17.2. The second-order valence-electron chi connectivity index (χ2n) is 9.95. The van der Waals surface area contributed by atoms with Gasteiger partial charge in [0.2, 0.25) is 5.95 Å². The van der Waals surface area contributed by atoms with Gasteiger partial charge in [-0.2, -0.15) is 0 Å². The molecule has 3 aromatic heterocycles. The maximum absolute atomic E-state index is 5.69. The van der Waals surface area contributed by atoms with E-state index < -0.39 is 0 Å². The molecule has 186 valence electrons. The highest BCUT2D eigenvalue weighted by Gasteiger charge is 2.25. The topological polar surface area (TPSA) is 96.5 Å². The van der Waals surface area contributed by atoms with Gasteiger partial charge in [-0.15, -0.1) is 11.3 Å². The van der Waals surface area contributed by atoms with E-state index >= 15 is 0 Å². The molecule has 0 aliphatic carbocycles. The Hall–Kier alpha value is -2.40. The van der Waals surface area contributed by atoms with Crippen LogP contribution in [0, 0.1) is 5.92 Å². The van der Waals surface area contributed by atoms with Crippen LogP contribution in [0.5, 0.6) is 0 Å². The number of hydrogen-bond donors (Lipinski definition) is 1. The van der Waals surface area contributed by atoms with Crippen molar-refractivity contribution in [1.82, 2.24) is 29.7 Å². The highest BCUT2D eigenvalue weighted by molar-refractivity contribution is 7.19. The quantitative estimate of drug-likeness (QED) is 0.555. The van der Waals surface area contributed by atoms with Crippen molar-refractivity contribution in [2.24, 2.45) is 5.92 Å². The van der Waals surface area contributed by atoms with E-state index in [4.69, 9.17) is 20.4 Å². The third kappa shape index (κ3) is 5.25. The zero-order valence-electron chi connectivity index (χ0n) is 20.2. The molecule has 10 heteroatoms. The summed E-state index contributed by atoms with van der Waals surface area (Å²) in [5.41, 5.74) is 7.47. The molecular formula is C25H34N8OS. The van der Waals surface area contributed by atoms with E-state index in [0.29, 0.717) is 5.82 Å². The van der Waals surface area contributed by atoms with Crippen LogP contribution < -0.4 is 10.6 Å². The Balaban J connectivity index is 1.21. The number of aromatic nitrogens is 4. The number of morpholine rings is 1. The molecule has 9 nitrogen and oxygen atoms in total. The fourth-order valence-electron chi connectivity index (χ4n) is 5.49. The lowest BCUT2D eigenvalue weighted by molar-refractivity contribution is 0.122. The van der Waals surface area contributed by atoms with Gasteiger partial charge < -0.3 is 20.3 Å². The van der Waals surface area contributed by atoms with E-state index in [1.807, 2.05) is 11.3 Å². The Labute approximate surface area is 210 Å². The van der Waals surface area contributed by atoms with Crippen molar-refractivity contribution in [3.63, 3.8) is 0 Å². The van der Waals surface area contributed by atoms with E-state index in [1.54, 1.807) is 12.4 Å². The lowest BCUT2D eigenvalue weighted by atomic mass is 9.96. The maximum Gasteiger partial charge on any atom is 0.219 e. The van der Waals surface area contributed by atoms with E-state index in [2.05, 4.69) is 30.7 Å². The van der Waals surface area contributed by atoms with Crippen molar-refractivity contribution in [3.8, 4) is 11.4 Å². The third-order valence-corrected chi connectivity index (χ3v) is 8.55. The number of anilines is 2. The Morgan fingerprint density at radius 3 is 2.43 bits per heavy atom. The highest BCUT2D eigenvalue weighted by atomic mass is 32.1. The monoisotopic (exact) mass is 494 g/mol. The lowest BCUT2D eigenvalue weighted by Gasteiger charge is -2.33. The summed E-state index contributed by atoms with van der Waals surface area (Å²) in [4.78, 5) is 27.1. The van der Waals surface area contributed by atoms with Crippen molar-refractivity contribution in [3.05, 3.63) is 23.3 Å². The summed E-state index contributed by atoms with van der Waals surface area (Å²) in [5.74, 6) is 2.75. The predicted octanol–water partition coefficient (Wildman–Crippen LogP) is 2.87. The number of likely N-dealkylation sites (tertiary alicyclic amines) is 2. The second kappa shape index (κ2) is 10.3. The minimum absolute atomic E-state index is 0.255. The van der Waals surface area contributed by atoms with Crippen molar-refractivity contribution < 1.29 is 4.74 Å². The molecule has 0 radical (unpaired) electrons. The fourth-order valence-corrected chi connectivity index (χ4v) is 6.65. The SMILES string of the molecule is Nc1ncc(-c2nc(N3CCOCC3)c3sc(CN4CCC(CN5CCCC5)CC4)cc3n2)cn1. The van der Waals surface area contributed by atoms with Gasteiger partial charge in [0.1, 0.15) is 0 Å². The largest absolute Gasteiger partial charge is 0.378 e. The number of thiophene rings is 1. The molecule has 2 N–H and O–H groups in total. The van der Waals surface area contributed by atoms with Crippen molar-refractivity contribution >= 4 is 33.3 Å². The predicted molar refractivity (Wildman–Crippen MR) is 140 cm³/mol. The number of ether oxygens (including phenoxy) is 1. The molecule has 0 atom stereocenters. The number of nitrogens with zero attached hydrogens (tertiary/aromatic N) is 7. The summed E-state index contributed by atoms with van der Waals surface area (Å²) in [7, 11) is 0. The highest BCUT2D eigenvalue weighted by Crippen LogP contribution is 2.35. The van der Waals surface area contributed by atoms with Crippen LogP contribution in [0.2, 0.25) is 0 Å². The molecule has 0 unspecified atom stereocenters. The van der Waals surface area contributed by atoms with Crippen molar-refractivity contribution in [2.75, 3.05) is 69.7 Å². The molecule has 0 amide bonds. The van der Waals surface area contributed by atoms with Gasteiger partial charge in [0.05, 0.1) is 29.0 Å². The Bertz CT molecular complexity index is 1130. The van der Waals surface area contributed by atoms with Gasteiger partial charge in [-0.25, -0.2) is 19.9 Å². The molecule has 3 fully saturated rings. The number of nitrogen functional groups attached to an aromatic ring is 1. The Kier molecular flexibility index (Phi) is 6.78. The van der Waals surface area contributed by atoms with E-state index in [9.17, 15) is 0 Å². The summed E-state index contributed by atoms with van der Waals surface area (Å²) in [5, 5.41) is 0. The first kappa shape index (κ1) is 23.0. The maximum atomic E-state index is 5.69. The van der Waals surface area contributed by atoms with Gasteiger partial charge in [-0.3, -0.25) is 4.90 Å². The molecule has 3 aromatic rings. The molecule has 3 saturated heterocycles. The summed E-state index contributed by atoms with van der Waals surface area (Å²) in [6.07, 6.45) is 8.78. The fraction of sp³-hybridized carbons (Fsp3) is 0.600. The minimum atomic E-state index is 0.255. The molecule has 3 aliphatic heterocycles. The third-order valence-electron chi connectivity index (χ3n) is 7.45. The van der Waals surface area contributed by atoms with Gasteiger partial charge in [-0.05, 0) is 63.8 Å². The number of piperidine rings is 1. The van der Waals surface area contributed by atoms with Crippen LogP contribution in [-0.4, -0.2) is 88.8 Å². The number of rotatable bonds is 6. The normalized spacial score (nSPS) is 20.7. The van der Waals surface area contributed by atoms with E-state index in [0.717, 1.165) is 60.4 Å². The van der Waals surface area contributed by atoms with Crippen LogP contribution in [0.3, 0.4) is 0 Å². The van der Waals surface area contributed by atoms with E-state index in [1.165, 1.54) is 63.3 Å². The molecule has 0 saturated carbocycles. The average Bonchev–Trinajstić information content (AvgIpc) is 3.55. The van der Waals surface area contributed by atoms with Crippen LogP contribution >= 0.6 is 11.3 Å². The smallest absolute Gasteiger partial charge is 0.219 e. The molecule has 0 spiro atoms. The van der Waals surface area contributed by atoms with Gasteiger partial charge >= 0.3 is 0 Å². The van der Waals surface area contributed by atoms with Gasteiger partial charge in [0.25, 0.3) is 0 Å². The van der Waals surface area contributed by atoms with Gasteiger partial charge in [-0.1, -0.05) is 0 Å². The summed E-state index contributed by atoms with van der Waals surface area (Å²) >= 11 is 1.84. The Morgan fingerprint density at radius 2 is 1.69 bits per heavy atom. The second-order valence-corrected chi connectivity index (χ2v) is 11.1. The number of nitrogens with two attached hydrogens (primary N) is 1. The van der Waals surface area contributed by atoms with Gasteiger partial charge in [0, 0.05) is 43.4 Å². The first-order valence-electron chi connectivity index (χ1n) is 12.9. The minimum Gasteiger partial charge on any atom is -0.378 e. The zero-order chi connectivity index (χ0) is 23.6. The molecule has 6 heterocycles. The molecule has 3 aliphatic rings. The molecular weight excluding hydrogens is 460 g/mol. The van der Waals surface area contributed by atoms with Crippen LogP contribution in [0.25, 0.3) is 21.6 Å². The molecule has 35 heavy (non-hydrogen) atoms. The van der Waals surface area contributed by atoms with E-state index in [-0.39, 0.29) is 5.95 Å². The van der Waals surface area contributed by atoms with Crippen LogP contribution in [0.1, 0.15) is 30.6 Å². The number of fused-ring (bicyclic) bond motifs is 1. The summed E-state index contributed by atoms with van der Waals surface area (Å²) < 4.78 is 6.75. The molecule has 0 bridgehead atoms. The summed E-state index contributed by atoms with van der Waals surface area (Å²) in [6, 6.07) is 2.25. The van der Waals surface area contributed by atoms with Crippen LogP contribution in [0.15, 0.2) is 18.5 Å². The van der Waals surface area contributed by atoms with Crippen LogP contribution in [0.4, 0.5) is 11.8 Å². The standard InChI is InChI=1S/C25H34N8OS/c26-25-27-14-19(15-28-25)23-29-21-13-20(35-22(21)24(30-23)33-9-11-34-12-10-33)17-32-7-3-18(4-8-32)16-31-5-1-2-6-31/h13-15,18H,1-12,16-17H2,(H2,26,27,28). The summed E-state index contributed by atoms with van der Waals surface area (Å²) in [6.45, 7) is 10.4. The molecule has 0 aromatic carbocycles. The molecule has 6 rings (SSSR count). The first-order valence-corrected chi connectivity index (χ1v) is 13.7. The van der Waals surface area contributed by atoms with Gasteiger partial charge in [0.15, 0.2) is 11.6 Å². The Morgan fingerprint density at radius 1 is 0.943 bits per heavy atom. The lowest BCUT2D eigenvalue weighted by Crippen LogP contribution is -2.37. The zero-order valence-corrected chi connectivity index (χ0v) is 21.0. The van der Waals surface area contributed by atoms with Crippen LogP contribution in [-0.2, 0) is 11.3 Å². The average molecular weight is 495 g/mol. The van der Waals surface area contributed by atoms with Crippen molar-refractivity contribution in [2.45, 2.75) is 32.2 Å².